The van der Waals surface area contributed by atoms with Crippen LogP contribution < -0.4 is 31.9 Å². The standard InChI is InChI=1S/2C8H21N3O2/c2*12-7-5-10-3-1-9-2-4-11-6-8-13/h2*9-13H,1-8H2. The minimum absolute atomic E-state index is 0.193. The lowest BCUT2D eigenvalue weighted by Crippen LogP contribution is -2.34. The normalized spacial score (nSPS) is 10.6. The van der Waals surface area contributed by atoms with Crippen molar-refractivity contribution in [3.8, 4) is 0 Å². The zero-order valence-electron chi connectivity index (χ0n) is 16.1. The molecule has 0 aromatic carbocycles. The van der Waals surface area contributed by atoms with Gasteiger partial charge in [-0.2, -0.15) is 0 Å². The molecule has 0 saturated heterocycles. The molecular formula is C16H42N6O4. The fourth-order valence-corrected chi connectivity index (χ4v) is 1.77. The number of hydrogen-bond donors (Lipinski definition) is 10. The van der Waals surface area contributed by atoms with Gasteiger partial charge in [0.25, 0.3) is 0 Å². The lowest BCUT2D eigenvalue weighted by Gasteiger charge is -2.05. The Balaban J connectivity index is 0. The topological polar surface area (TPSA) is 153 Å². The Kier molecular flexibility index (Phi) is 31.4. The Labute approximate surface area is 158 Å². The summed E-state index contributed by atoms with van der Waals surface area (Å²) < 4.78 is 0. The minimum atomic E-state index is 0.193. The zero-order valence-corrected chi connectivity index (χ0v) is 16.1. The summed E-state index contributed by atoms with van der Waals surface area (Å²) in [4.78, 5) is 0. The molecule has 0 saturated carbocycles. The van der Waals surface area contributed by atoms with Crippen molar-refractivity contribution in [2.24, 2.45) is 0 Å². The molecule has 10 heteroatoms. The van der Waals surface area contributed by atoms with E-state index in [1.807, 2.05) is 0 Å². The summed E-state index contributed by atoms with van der Waals surface area (Å²) in [6.07, 6.45) is 0. The smallest absolute Gasteiger partial charge is 0.0555 e. The molecule has 0 aromatic heterocycles. The predicted octanol–water partition coefficient (Wildman–Crippen LogP) is -4.52. The van der Waals surface area contributed by atoms with E-state index < -0.39 is 0 Å². The summed E-state index contributed by atoms with van der Waals surface area (Å²) in [6.45, 7) is 10.5. The maximum atomic E-state index is 8.45. The van der Waals surface area contributed by atoms with Gasteiger partial charge in [-0.25, -0.2) is 0 Å². The first-order valence-electron chi connectivity index (χ1n) is 9.51. The lowest BCUT2D eigenvalue weighted by molar-refractivity contribution is 0.290. The molecule has 0 aliphatic carbocycles. The number of aliphatic hydroxyl groups is 4. The van der Waals surface area contributed by atoms with Crippen LogP contribution in [0.15, 0.2) is 0 Å². The summed E-state index contributed by atoms with van der Waals surface area (Å²) in [6, 6.07) is 0. The van der Waals surface area contributed by atoms with E-state index in [0.29, 0.717) is 26.2 Å². The van der Waals surface area contributed by atoms with Gasteiger partial charge < -0.3 is 52.3 Å². The second kappa shape index (κ2) is 29.4. The van der Waals surface area contributed by atoms with Crippen molar-refractivity contribution in [3.05, 3.63) is 0 Å². The van der Waals surface area contributed by atoms with Gasteiger partial charge in [-0.3, -0.25) is 0 Å². The Morgan fingerprint density at radius 3 is 0.577 bits per heavy atom. The van der Waals surface area contributed by atoms with Crippen molar-refractivity contribution in [3.63, 3.8) is 0 Å². The number of nitrogens with one attached hydrogen (secondary N) is 6. The largest absolute Gasteiger partial charge is 0.395 e. The Morgan fingerprint density at radius 1 is 0.269 bits per heavy atom. The Morgan fingerprint density at radius 2 is 0.423 bits per heavy atom. The highest BCUT2D eigenvalue weighted by molar-refractivity contribution is 4.54. The first-order chi connectivity index (χ1) is 12.8. The van der Waals surface area contributed by atoms with Crippen molar-refractivity contribution in [1.29, 1.82) is 0 Å². The highest BCUT2D eigenvalue weighted by atomic mass is 16.3. The Bertz CT molecular complexity index is 189. The first kappa shape index (κ1) is 27.8. The lowest BCUT2D eigenvalue weighted by atomic mass is 10.5. The van der Waals surface area contributed by atoms with Crippen LogP contribution in [0.5, 0.6) is 0 Å². The second-order valence-corrected chi connectivity index (χ2v) is 5.39. The van der Waals surface area contributed by atoms with Crippen molar-refractivity contribution in [2.75, 3.05) is 105 Å². The van der Waals surface area contributed by atoms with Gasteiger partial charge in [0, 0.05) is 78.5 Å². The van der Waals surface area contributed by atoms with Crippen LogP contribution in [0.3, 0.4) is 0 Å². The highest BCUT2D eigenvalue weighted by Crippen LogP contribution is 1.62. The molecule has 0 bridgehead atoms. The van der Waals surface area contributed by atoms with Crippen LogP contribution in [0, 0.1) is 0 Å². The minimum Gasteiger partial charge on any atom is -0.395 e. The van der Waals surface area contributed by atoms with Crippen LogP contribution in [0.1, 0.15) is 0 Å². The first-order valence-corrected chi connectivity index (χ1v) is 9.51. The molecule has 0 radical (unpaired) electrons. The van der Waals surface area contributed by atoms with E-state index in [9.17, 15) is 0 Å². The third-order valence-corrected chi connectivity index (χ3v) is 3.07. The average molecular weight is 383 g/mol. The van der Waals surface area contributed by atoms with Gasteiger partial charge in [0.15, 0.2) is 0 Å². The molecular weight excluding hydrogens is 340 g/mol. The molecule has 0 aliphatic rings. The summed E-state index contributed by atoms with van der Waals surface area (Å²) in [5.41, 5.74) is 0. The molecule has 0 fully saturated rings. The molecule has 0 atom stereocenters. The van der Waals surface area contributed by atoms with E-state index >= 15 is 0 Å². The van der Waals surface area contributed by atoms with E-state index in [4.69, 9.17) is 20.4 Å². The molecule has 10 N–H and O–H groups in total. The van der Waals surface area contributed by atoms with E-state index in [0.717, 1.165) is 52.4 Å². The van der Waals surface area contributed by atoms with Gasteiger partial charge in [0.1, 0.15) is 0 Å². The van der Waals surface area contributed by atoms with Crippen LogP contribution in [-0.4, -0.2) is 125 Å². The zero-order chi connectivity index (χ0) is 19.6. The van der Waals surface area contributed by atoms with Crippen LogP contribution in [0.25, 0.3) is 0 Å². The van der Waals surface area contributed by atoms with Gasteiger partial charge in [-0.1, -0.05) is 0 Å². The van der Waals surface area contributed by atoms with Gasteiger partial charge in [-0.15, -0.1) is 0 Å². The fourth-order valence-electron chi connectivity index (χ4n) is 1.77. The van der Waals surface area contributed by atoms with Gasteiger partial charge >= 0.3 is 0 Å². The number of hydrogen-bond acceptors (Lipinski definition) is 10. The molecule has 0 heterocycles. The average Bonchev–Trinajstić information content (AvgIpc) is 2.66. The fraction of sp³-hybridized carbons (Fsp3) is 1.00. The quantitative estimate of drug-likeness (QED) is 0.0932. The molecule has 0 rings (SSSR count). The molecule has 26 heavy (non-hydrogen) atoms. The summed E-state index contributed by atoms with van der Waals surface area (Å²) in [5.74, 6) is 0. The van der Waals surface area contributed by atoms with Crippen molar-refractivity contribution in [1.82, 2.24) is 31.9 Å². The third-order valence-electron chi connectivity index (χ3n) is 3.07. The van der Waals surface area contributed by atoms with E-state index in [-0.39, 0.29) is 26.4 Å². The molecule has 0 aliphatic heterocycles. The number of rotatable bonds is 20. The van der Waals surface area contributed by atoms with Crippen LogP contribution in [0.4, 0.5) is 0 Å². The Hall–Kier alpha value is -0.400. The van der Waals surface area contributed by atoms with Crippen molar-refractivity contribution < 1.29 is 20.4 Å². The van der Waals surface area contributed by atoms with Crippen LogP contribution in [0.2, 0.25) is 0 Å². The molecule has 160 valence electrons. The van der Waals surface area contributed by atoms with Crippen LogP contribution >= 0.6 is 0 Å². The SMILES string of the molecule is OCCNCCNCCNCCO.OCCNCCNCCNCCO. The molecule has 0 aromatic rings. The van der Waals surface area contributed by atoms with Gasteiger partial charge in [0.2, 0.25) is 0 Å². The van der Waals surface area contributed by atoms with E-state index in [1.54, 1.807) is 0 Å². The van der Waals surface area contributed by atoms with Crippen molar-refractivity contribution in [2.45, 2.75) is 0 Å². The van der Waals surface area contributed by atoms with Gasteiger partial charge in [0.05, 0.1) is 26.4 Å². The maximum absolute atomic E-state index is 8.45. The summed E-state index contributed by atoms with van der Waals surface area (Å²) in [5, 5.41) is 52.5. The molecule has 0 unspecified atom stereocenters. The van der Waals surface area contributed by atoms with E-state index in [2.05, 4.69) is 31.9 Å². The summed E-state index contributed by atoms with van der Waals surface area (Å²) >= 11 is 0. The van der Waals surface area contributed by atoms with Crippen LogP contribution in [-0.2, 0) is 0 Å². The monoisotopic (exact) mass is 382 g/mol. The number of aliphatic hydroxyl groups excluding tert-OH is 4. The molecule has 0 amide bonds. The maximum Gasteiger partial charge on any atom is 0.0555 e. The highest BCUT2D eigenvalue weighted by Gasteiger charge is 1.88. The van der Waals surface area contributed by atoms with Gasteiger partial charge in [-0.05, 0) is 0 Å². The summed E-state index contributed by atoms with van der Waals surface area (Å²) in [7, 11) is 0. The van der Waals surface area contributed by atoms with Crippen molar-refractivity contribution >= 4 is 0 Å². The van der Waals surface area contributed by atoms with E-state index in [1.165, 1.54) is 0 Å². The third kappa shape index (κ3) is 31.4. The second-order valence-electron chi connectivity index (χ2n) is 5.39. The molecule has 10 nitrogen and oxygen atoms in total. The predicted molar refractivity (Wildman–Crippen MR) is 106 cm³/mol. The molecule has 0 spiro atoms.